The van der Waals surface area contributed by atoms with Crippen LogP contribution in [-0.4, -0.2) is 15.9 Å². The second-order valence-electron chi connectivity index (χ2n) is 4.55. The Labute approximate surface area is 115 Å². The third-order valence-electron chi connectivity index (χ3n) is 3.02. The average molecular weight is 270 g/mol. The van der Waals surface area contributed by atoms with E-state index in [1.807, 2.05) is 13.0 Å². The SMILES string of the molecule is Cc1cnc(CNC(=O)c2c[nH]c3cc(N)ccc23)o1. The van der Waals surface area contributed by atoms with E-state index >= 15 is 0 Å². The van der Waals surface area contributed by atoms with Gasteiger partial charge >= 0.3 is 0 Å². The van der Waals surface area contributed by atoms with Gasteiger partial charge in [0, 0.05) is 22.8 Å². The molecular weight excluding hydrogens is 256 g/mol. The molecule has 6 heteroatoms. The third-order valence-corrected chi connectivity index (χ3v) is 3.02. The highest BCUT2D eigenvalue weighted by Gasteiger charge is 2.12. The van der Waals surface area contributed by atoms with E-state index in [2.05, 4.69) is 15.3 Å². The van der Waals surface area contributed by atoms with Crippen molar-refractivity contribution in [2.75, 3.05) is 5.73 Å². The topological polar surface area (TPSA) is 96.9 Å². The van der Waals surface area contributed by atoms with Crippen LogP contribution in [0.4, 0.5) is 5.69 Å². The predicted molar refractivity (Wildman–Crippen MR) is 75.1 cm³/mol. The van der Waals surface area contributed by atoms with Crippen molar-refractivity contribution in [3.8, 4) is 0 Å². The summed E-state index contributed by atoms with van der Waals surface area (Å²) in [5.41, 5.74) is 7.77. The van der Waals surface area contributed by atoms with Gasteiger partial charge < -0.3 is 20.5 Å². The number of hydrogen-bond acceptors (Lipinski definition) is 4. The van der Waals surface area contributed by atoms with Crippen molar-refractivity contribution < 1.29 is 9.21 Å². The van der Waals surface area contributed by atoms with E-state index in [0.717, 1.165) is 16.7 Å². The number of anilines is 1. The minimum absolute atomic E-state index is 0.183. The molecule has 0 spiro atoms. The van der Waals surface area contributed by atoms with Crippen LogP contribution in [-0.2, 0) is 6.54 Å². The molecule has 1 aromatic carbocycles. The standard InChI is InChI=1S/C14H14N4O2/c1-8-5-17-13(20-8)7-18-14(19)11-6-16-12-4-9(15)2-3-10(11)12/h2-6,16H,7,15H2,1H3,(H,18,19). The summed E-state index contributed by atoms with van der Waals surface area (Å²) in [6.45, 7) is 2.07. The highest BCUT2D eigenvalue weighted by Crippen LogP contribution is 2.20. The number of rotatable bonds is 3. The number of fused-ring (bicyclic) bond motifs is 1. The number of oxazole rings is 1. The first-order valence-corrected chi connectivity index (χ1v) is 6.19. The lowest BCUT2D eigenvalue weighted by Crippen LogP contribution is -2.22. The van der Waals surface area contributed by atoms with Gasteiger partial charge in [-0.25, -0.2) is 4.98 Å². The fourth-order valence-electron chi connectivity index (χ4n) is 2.07. The van der Waals surface area contributed by atoms with Crippen LogP contribution in [0.1, 0.15) is 22.0 Å². The number of aromatic amines is 1. The first kappa shape index (κ1) is 12.3. The van der Waals surface area contributed by atoms with Crippen LogP contribution in [0, 0.1) is 6.92 Å². The lowest BCUT2D eigenvalue weighted by Gasteiger charge is -2.01. The van der Waals surface area contributed by atoms with Gasteiger partial charge in [-0.2, -0.15) is 0 Å². The van der Waals surface area contributed by atoms with Gasteiger partial charge in [0.15, 0.2) is 0 Å². The molecule has 3 rings (SSSR count). The molecule has 0 aliphatic heterocycles. The molecule has 2 heterocycles. The summed E-state index contributed by atoms with van der Waals surface area (Å²) in [5.74, 6) is 1.02. The highest BCUT2D eigenvalue weighted by atomic mass is 16.4. The molecule has 0 saturated carbocycles. The zero-order valence-electron chi connectivity index (χ0n) is 10.9. The van der Waals surface area contributed by atoms with Gasteiger partial charge in [-0.15, -0.1) is 0 Å². The number of aromatic nitrogens is 2. The molecule has 0 saturated heterocycles. The van der Waals surface area contributed by atoms with Crippen molar-refractivity contribution in [1.82, 2.24) is 15.3 Å². The first-order chi connectivity index (χ1) is 9.63. The zero-order chi connectivity index (χ0) is 14.1. The van der Waals surface area contributed by atoms with Crippen molar-refractivity contribution in [1.29, 1.82) is 0 Å². The maximum Gasteiger partial charge on any atom is 0.253 e. The monoisotopic (exact) mass is 270 g/mol. The number of nitrogens with two attached hydrogens (primary N) is 1. The van der Waals surface area contributed by atoms with Gasteiger partial charge in [0.05, 0.1) is 18.3 Å². The normalized spacial score (nSPS) is 10.8. The van der Waals surface area contributed by atoms with Crippen molar-refractivity contribution in [2.45, 2.75) is 13.5 Å². The number of H-pyrrole nitrogens is 1. The lowest BCUT2D eigenvalue weighted by atomic mass is 10.1. The fraction of sp³-hybridized carbons (Fsp3) is 0.143. The number of amides is 1. The van der Waals surface area contributed by atoms with E-state index in [1.165, 1.54) is 0 Å². The van der Waals surface area contributed by atoms with E-state index in [0.29, 0.717) is 17.1 Å². The Morgan fingerprint density at radius 1 is 1.50 bits per heavy atom. The molecule has 0 aliphatic carbocycles. The number of carbonyl (C=O) groups is 1. The van der Waals surface area contributed by atoms with Crippen LogP contribution in [0.3, 0.4) is 0 Å². The summed E-state index contributed by atoms with van der Waals surface area (Å²) < 4.78 is 5.30. The van der Waals surface area contributed by atoms with E-state index in [1.54, 1.807) is 24.5 Å². The van der Waals surface area contributed by atoms with Gasteiger partial charge in [0.2, 0.25) is 5.89 Å². The zero-order valence-corrected chi connectivity index (χ0v) is 10.9. The van der Waals surface area contributed by atoms with Crippen LogP contribution >= 0.6 is 0 Å². The third kappa shape index (κ3) is 2.23. The minimum Gasteiger partial charge on any atom is -0.444 e. The molecule has 4 N–H and O–H groups in total. The molecule has 0 unspecified atom stereocenters. The number of nitrogens with zero attached hydrogens (tertiary/aromatic N) is 1. The average Bonchev–Trinajstić information content (AvgIpc) is 3.01. The number of carbonyl (C=O) groups excluding carboxylic acids is 1. The second-order valence-corrected chi connectivity index (χ2v) is 4.55. The number of aryl methyl sites for hydroxylation is 1. The summed E-state index contributed by atoms with van der Waals surface area (Å²) in [7, 11) is 0. The maximum absolute atomic E-state index is 12.2. The summed E-state index contributed by atoms with van der Waals surface area (Å²) in [5, 5.41) is 3.61. The van der Waals surface area contributed by atoms with Crippen LogP contribution in [0.5, 0.6) is 0 Å². The molecule has 6 nitrogen and oxygen atoms in total. The van der Waals surface area contributed by atoms with Crippen LogP contribution in [0.25, 0.3) is 10.9 Å². The van der Waals surface area contributed by atoms with E-state index in [-0.39, 0.29) is 12.5 Å². The van der Waals surface area contributed by atoms with E-state index in [9.17, 15) is 4.79 Å². The van der Waals surface area contributed by atoms with Gasteiger partial charge in [-0.3, -0.25) is 4.79 Å². The summed E-state index contributed by atoms with van der Waals surface area (Å²) in [6, 6.07) is 5.39. The van der Waals surface area contributed by atoms with Gasteiger partial charge in [-0.05, 0) is 25.1 Å². The van der Waals surface area contributed by atoms with Gasteiger partial charge in [-0.1, -0.05) is 0 Å². The van der Waals surface area contributed by atoms with Crippen LogP contribution in [0.15, 0.2) is 35.0 Å². The smallest absolute Gasteiger partial charge is 0.253 e. The Morgan fingerprint density at radius 2 is 2.35 bits per heavy atom. The lowest BCUT2D eigenvalue weighted by molar-refractivity contribution is 0.0949. The molecule has 1 amide bonds. The summed E-state index contributed by atoms with van der Waals surface area (Å²) in [6.07, 6.45) is 3.29. The second kappa shape index (κ2) is 4.73. The molecule has 0 fully saturated rings. The number of nitrogens with one attached hydrogen (secondary N) is 2. The van der Waals surface area contributed by atoms with E-state index < -0.39 is 0 Å². The Balaban J connectivity index is 1.78. The van der Waals surface area contributed by atoms with Crippen molar-refractivity contribution in [3.05, 3.63) is 47.8 Å². The van der Waals surface area contributed by atoms with Crippen LogP contribution in [0.2, 0.25) is 0 Å². The van der Waals surface area contributed by atoms with Crippen molar-refractivity contribution in [2.24, 2.45) is 0 Å². The maximum atomic E-state index is 12.2. The summed E-state index contributed by atoms with van der Waals surface area (Å²) in [4.78, 5) is 19.2. The Kier molecular flexibility index (Phi) is 2.90. The molecule has 102 valence electrons. The number of hydrogen-bond donors (Lipinski definition) is 3. The summed E-state index contributed by atoms with van der Waals surface area (Å²) >= 11 is 0. The molecule has 0 aliphatic rings. The fourth-order valence-corrected chi connectivity index (χ4v) is 2.07. The quantitative estimate of drug-likeness (QED) is 0.634. The Morgan fingerprint density at radius 3 is 3.10 bits per heavy atom. The Bertz CT molecular complexity index is 772. The Hall–Kier alpha value is -2.76. The highest BCUT2D eigenvalue weighted by molar-refractivity contribution is 6.07. The van der Waals surface area contributed by atoms with Crippen molar-refractivity contribution >= 4 is 22.5 Å². The molecule has 0 bridgehead atoms. The van der Waals surface area contributed by atoms with Crippen molar-refractivity contribution in [3.63, 3.8) is 0 Å². The predicted octanol–water partition coefficient (Wildman–Crippen LogP) is 1.98. The number of nitrogen functional groups attached to an aromatic ring is 1. The molecule has 20 heavy (non-hydrogen) atoms. The van der Waals surface area contributed by atoms with Gasteiger partial charge in [0.25, 0.3) is 5.91 Å². The molecule has 0 atom stereocenters. The molecular formula is C14H14N4O2. The molecule has 0 radical (unpaired) electrons. The largest absolute Gasteiger partial charge is 0.444 e. The number of benzene rings is 1. The van der Waals surface area contributed by atoms with Gasteiger partial charge in [0.1, 0.15) is 5.76 Å². The minimum atomic E-state index is -0.183. The molecule has 2 aromatic heterocycles. The first-order valence-electron chi connectivity index (χ1n) is 6.19. The van der Waals surface area contributed by atoms with Crippen LogP contribution < -0.4 is 11.1 Å². The molecule has 3 aromatic rings. The van der Waals surface area contributed by atoms with E-state index in [4.69, 9.17) is 10.2 Å².